The monoisotopic (exact) mass is 284 g/mol. The Morgan fingerprint density at radius 3 is 2.57 bits per heavy atom. The number of aromatic nitrogens is 1. The van der Waals surface area contributed by atoms with Crippen molar-refractivity contribution >= 4 is 0 Å². The molecule has 0 aliphatic heterocycles. The van der Waals surface area contributed by atoms with Crippen LogP contribution in [0.3, 0.4) is 0 Å². The van der Waals surface area contributed by atoms with Crippen LogP contribution in [0.25, 0.3) is 0 Å². The summed E-state index contributed by atoms with van der Waals surface area (Å²) in [4.78, 5) is 0. The minimum absolute atomic E-state index is 0.629. The van der Waals surface area contributed by atoms with Gasteiger partial charge in [-0.3, -0.25) is 0 Å². The van der Waals surface area contributed by atoms with Crippen LogP contribution in [0.2, 0.25) is 0 Å². The normalized spacial score (nSPS) is 16.1. The lowest BCUT2D eigenvalue weighted by molar-refractivity contribution is 0.0510. The Hall–Kier alpha value is -1.58. The first-order valence-corrected chi connectivity index (χ1v) is 7.83. The van der Waals surface area contributed by atoms with Gasteiger partial charge in [0.05, 0.1) is 5.60 Å². The van der Waals surface area contributed by atoms with Gasteiger partial charge in [-0.05, 0) is 29.2 Å². The summed E-state index contributed by atoms with van der Waals surface area (Å²) in [6, 6.07) is 10.5. The van der Waals surface area contributed by atoms with Crippen LogP contribution in [0.4, 0.5) is 0 Å². The van der Waals surface area contributed by atoms with Gasteiger partial charge in [0.25, 0.3) is 0 Å². The lowest BCUT2D eigenvalue weighted by Gasteiger charge is -2.22. The molecule has 0 saturated carbocycles. The molecular weight excluding hydrogens is 260 g/mol. The van der Waals surface area contributed by atoms with Crippen LogP contribution in [0.5, 0.6) is 0 Å². The Labute approximate surface area is 126 Å². The molecule has 112 valence electrons. The third-order valence-electron chi connectivity index (χ3n) is 4.23. The number of aryl methyl sites for hydroxylation is 1. The van der Waals surface area contributed by atoms with Crippen molar-refractivity contribution in [2.75, 3.05) is 6.54 Å². The molecule has 0 amide bonds. The second-order valence-electron chi connectivity index (χ2n) is 6.21. The summed E-state index contributed by atoms with van der Waals surface area (Å²) in [7, 11) is 0. The van der Waals surface area contributed by atoms with Crippen LogP contribution < -0.4 is 5.32 Å². The van der Waals surface area contributed by atoms with E-state index in [0.717, 1.165) is 32.4 Å². The van der Waals surface area contributed by atoms with Crippen LogP contribution in [0.1, 0.15) is 30.0 Å². The van der Waals surface area contributed by atoms with Gasteiger partial charge in [0.2, 0.25) is 0 Å². The molecule has 0 saturated heterocycles. The standard InChI is InChI=1S/C18H24N2O/c1-2-8-20-9-7-15(13-20)12-19-14-18(21)10-16-5-3-4-6-17(16)11-18/h3-7,9,13,19,21H,2,8,10-12,14H2,1H3. The highest BCUT2D eigenvalue weighted by Gasteiger charge is 2.34. The number of aliphatic hydroxyl groups is 1. The highest BCUT2D eigenvalue weighted by atomic mass is 16.3. The molecule has 0 fully saturated rings. The van der Waals surface area contributed by atoms with Gasteiger partial charge in [-0.15, -0.1) is 0 Å². The molecule has 1 aromatic heterocycles. The number of hydrogen-bond acceptors (Lipinski definition) is 2. The number of hydrogen-bond donors (Lipinski definition) is 2. The van der Waals surface area contributed by atoms with Crippen molar-refractivity contribution < 1.29 is 5.11 Å². The predicted octanol–water partition coefficient (Wildman–Crippen LogP) is 2.52. The minimum atomic E-state index is -0.629. The Morgan fingerprint density at radius 2 is 1.90 bits per heavy atom. The summed E-state index contributed by atoms with van der Waals surface area (Å²) in [5.41, 5.74) is 3.23. The molecule has 3 heteroatoms. The molecule has 1 aliphatic rings. The Morgan fingerprint density at radius 1 is 1.19 bits per heavy atom. The molecule has 0 unspecified atom stereocenters. The Bertz CT molecular complexity index is 578. The molecule has 0 radical (unpaired) electrons. The number of rotatable bonds is 6. The maximum absolute atomic E-state index is 10.7. The summed E-state index contributed by atoms with van der Waals surface area (Å²) >= 11 is 0. The number of nitrogens with one attached hydrogen (secondary N) is 1. The minimum Gasteiger partial charge on any atom is -0.388 e. The van der Waals surface area contributed by atoms with Crippen molar-refractivity contribution in [3.05, 3.63) is 59.4 Å². The van der Waals surface area contributed by atoms with E-state index in [4.69, 9.17) is 0 Å². The smallest absolute Gasteiger partial charge is 0.0852 e. The van der Waals surface area contributed by atoms with Crippen LogP contribution >= 0.6 is 0 Å². The van der Waals surface area contributed by atoms with Crippen molar-refractivity contribution in [2.24, 2.45) is 0 Å². The second-order valence-corrected chi connectivity index (χ2v) is 6.21. The predicted molar refractivity (Wildman–Crippen MR) is 85.2 cm³/mol. The third-order valence-corrected chi connectivity index (χ3v) is 4.23. The Balaban J connectivity index is 1.51. The molecule has 1 aromatic carbocycles. The lowest BCUT2D eigenvalue weighted by Crippen LogP contribution is -2.41. The average molecular weight is 284 g/mol. The van der Waals surface area contributed by atoms with E-state index in [-0.39, 0.29) is 0 Å². The van der Waals surface area contributed by atoms with Crippen molar-refractivity contribution in [1.82, 2.24) is 9.88 Å². The number of fused-ring (bicyclic) bond motifs is 1. The topological polar surface area (TPSA) is 37.2 Å². The zero-order valence-corrected chi connectivity index (χ0v) is 12.7. The van der Waals surface area contributed by atoms with Crippen LogP contribution in [-0.4, -0.2) is 21.8 Å². The molecule has 1 heterocycles. The van der Waals surface area contributed by atoms with Crippen molar-refractivity contribution in [3.63, 3.8) is 0 Å². The molecule has 1 aliphatic carbocycles. The quantitative estimate of drug-likeness (QED) is 0.855. The van der Waals surface area contributed by atoms with Crippen LogP contribution in [0, 0.1) is 0 Å². The van der Waals surface area contributed by atoms with E-state index in [9.17, 15) is 5.11 Å². The van der Waals surface area contributed by atoms with E-state index in [1.807, 2.05) is 0 Å². The summed E-state index contributed by atoms with van der Waals surface area (Å²) in [5, 5.41) is 14.1. The summed E-state index contributed by atoms with van der Waals surface area (Å²) in [5.74, 6) is 0. The summed E-state index contributed by atoms with van der Waals surface area (Å²) in [6.45, 7) is 4.71. The van der Waals surface area contributed by atoms with Crippen molar-refractivity contribution in [1.29, 1.82) is 0 Å². The highest BCUT2D eigenvalue weighted by Crippen LogP contribution is 2.29. The Kier molecular flexibility index (Phi) is 4.13. The van der Waals surface area contributed by atoms with E-state index in [0.29, 0.717) is 6.54 Å². The lowest BCUT2D eigenvalue weighted by atomic mass is 10.0. The van der Waals surface area contributed by atoms with Gasteiger partial charge >= 0.3 is 0 Å². The fourth-order valence-corrected chi connectivity index (χ4v) is 3.23. The number of nitrogens with zero attached hydrogens (tertiary/aromatic N) is 1. The van der Waals surface area contributed by atoms with E-state index in [2.05, 4.69) is 59.5 Å². The molecule has 2 aromatic rings. The fourth-order valence-electron chi connectivity index (χ4n) is 3.23. The second kappa shape index (κ2) is 6.04. The van der Waals surface area contributed by atoms with Gasteiger partial charge in [-0.2, -0.15) is 0 Å². The number of benzene rings is 1. The first-order chi connectivity index (χ1) is 10.2. The molecule has 3 nitrogen and oxygen atoms in total. The summed E-state index contributed by atoms with van der Waals surface area (Å²) in [6.07, 6.45) is 6.98. The molecule has 0 bridgehead atoms. The van der Waals surface area contributed by atoms with Gasteiger partial charge in [0.1, 0.15) is 0 Å². The van der Waals surface area contributed by atoms with Gasteiger partial charge in [0.15, 0.2) is 0 Å². The molecule has 21 heavy (non-hydrogen) atoms. The van der Waals surface area contributed by atoms with E-state index in [1.54, 1.807) is 0 Å². The molecular formula is C18H24N2O. The largest absolute Gasteiger partial charge is 0.388 e. The average Bonchev–Trinajstić information content (AvgIpc) is 3.02. The highest BCUT2D eigenvalue weighted by molar-refractivity contribution is 5.35. The fraction of sp³-hybridized carbons (Fsp3) is 0.444. The van der Waals surface area contributed by atoms with E-state index in [1.165, 1.54) is 16.7 Å². The molecule has 0 spiro atoms. The van der Waals surface area contributed by atoms with Gasteiger partial charge < -0.3 is 15.0 Å². The maximum Gasteiger partial charge on any atom is 0.0852 e. The van der Waals surface area contributed by atoms with Crippen LogP contribution in [0.15, 0.2) is 42.7 Å². The zero-order valence-electron chi connectivity index (χ0n) is 12.7. The van der Waals surface area contributed by atoms with Crippen molar-refractivity contribution in [3.8, 4) is 0 Å². The zero-order chi connectivity index (χ0) is 14.7. The molecule has 3 rings (SSSR count). The molecule has 2 N–H and O–H groups in total. The van der Waals surface area contributed by atoms with Gasteiger partial charge in [-0.25, -0.2) is 0 Å². The molecule has 0 atom stereocenters. The van der Waals surface area contributed by atoms with E-state index < -0.39 is 5.60 Å². The first-order valence-electron chi connectivity index (χ1n) is 7.83. The van der Waals surface area contributed by atoms with Gasteiger partial charge in [0, 0.05) is 44.9 Å². The van der Waals surface area contributed by atoms with Crippen LogP contribution in [-0.2, 0) is 25.9 Å². The summed E-state index contributed by atoms with van der Waals surface area (Å²) < 4.78 is 2.22. The van der Waals surface area contributed by atoms with Gasteiger partial charge in [-0.1, -0.05) is 31.2 Å². The first kappa shape index (κ1) is 14.4. The third kappa shape index (κ3) is 3.36. The van der Waals surface area contributed by atoms with E-state index >= 15 is 0 Å². The SMILES string of the molecule is CCCn1ccc(CNCC2(O)Cc3ccccc3C2)c1. The van der Waals surface area contributed by atoms with Crippen molar-refractivity contribution in [2.45, 2.75) is 44.9 Å². The maximum atomic E-state index is 10.7.